The van der Waals surface area contributed by atoms with Crippen LogP contribution in [0.1, 0.15) is 12.2 Å². The number of H-pyrrole nitrogens is 1. The second kappa shape index (κ2) is 6.75. The van der Waals surface area contributed by atoms with Gasteiger partial charge >= 0.3 is 0 Å². The molecule has 4 rings (SSSR count). The van der Waals surface area contributed by atoms with Crippen LogP contribution >= 0.6 is 0 Å². The third-order valence-corrected chi connectivity index (χ3v) is 4.74. The van der Waals surface area contributed by atoms with Gasteiger partial charge in [0.2, 0.25) is 11.8 Å². The van der Waals surface area contributed by atoms with E-state index in [4.69, 9.17) is 4.74 Å². The van der Waals surface area contributed by atoms with Gasteiger partial charge < -0.3 is 19.9 Å². The number of hydrogen-bond donors (Lipinski definition) is 2. The van der Waals surface area contributed by atoms with Crippen LogP contribution in [0.4, 0.5) is 11.4 Å². The highest BCUT2D eigenvalue weighted by Gasteiger charge is 2.36. The van der Waals surface area contributed by atoms with E-state index in [1.807, 2.05) is 43.3 Å². The van der Waals surface area contributed by atoms with Crippen LogP contribution in [-0.4, -0.2) is 35.4 Å². The van der Waals surface area contributed by atoms with E-state index < -0.39 is 5.92 Å². The highest BCUT2D eigenvalue weighted by molar-refractivity contribution is 6.04. The summed E-state index contributed by atoms with van der Waals surface area (Å²) in [6.07, 6.45) is 0.176. The fourth-order valence-electron chi connectivity index (χ4n) is 3.43. The molecule has 2 amide bonds. The summed E-state index contributed by atoms with van der Waals surface area (Å²) in [5, 5.41) is 2.91. The number of hydrogen-bond acceptors (Lipinski definition) is 4. The fourth-order valence-corrected chi connectivity index (χ4v) is 3.43. The Hall–Kier alpha value is -3.35. The van der Waals surface area contributed by atoms with Gasteiger partial charge in [0.15, 0.2) is 0 Å². The van der Waals surface area contributed by atoms with E-state index in [-0.39, 0.29) is 18.2 Å². The molecule has 0 spiro atoms. The van der Waals surface area contributed by atoms with Crippen molar-refractivity contribution in [3.63, 3.8) is 0 Å². The molecule has 1 aliphatic heterocycles. The Kier molecular flexibility index (Phi) is 4.27. The van der Waals surface area contributed by atoms with Gasteiger partial charge in [-0.2, -0.15) is 0 Å². The Morgan fingerprint density at radius 2 is 2.11 bits per heavy atom. The van der Waals surface area contributed by atoms with Crippen molar-refractivity contribution >= 4 is 34.2 Å². The number of fused-ring (bicyclic) bond motifs is 1. The molecule has 0 aliphatic carbocycles. The normalized spacial score (nSPS) is 16.7. The monoisotopic (exact) mass is 364 g/mol. The first kappa shape index (κ1) is 17.1. The standard InChI is InChI=1S/C20H20N4O3/c1-12-21-15-8-7-14(10-16(15)22-12)23-20(26)13-9-19(25)24(11-13)17-5-3-4-6-18(17)27-2/h3-8,10,13H,9,11H2,1-2H3,(H,21,22)(H,23,26). The van der Waals surface area contributed by atoms with Crippen molar-refractivity contribution in [1.29, 1.82) is 0 Å². The minimum Gasteiger partial charge on any atom is -0.495 e. The summed E-state index contributed by atoms with van der Waals surface area (Å²) in [5.41, 5.74) is 3.08. The summed E-state index contributed by atoms with van der Waals surface area (Å²) in [4.78, 5) is 34.3. The second-order valence-electron chi connectivity index (χ2n) is 6.62. The van der Waals surface area contributed by atoms with Crippen LogP contribution in [-0.2, 0) is 9.59 Å². The minimum atomic E-state index is -0.415. The first-order chi connectivity index (χ1) is 13.0. The lowest BCUT2D eigenvalue weighted by molar-refractivity contribution is -0.122. The summed E-state index contributed by atoms with van der Waals surface area (Å²) in [6, 6.07) is 12.8. The Balaban J connectivity index is 1.50. The molecule has 0 radical (unpaired) electrons. The molecule has 3 aromatic rings. The van der Waals surface area contributed by atoms with Crippen molar-refractivity contribution in [1.82, 2.24) is 9.97 Å². The van der Waals surface area contributed by atoms with E-state index in [0.717, 1.165) is 16.9 Å². The van der Waals surface area contributed by atoms with E-state index in [2.05, 4.69) is 15.3 Å². The van der Waals surface area contributed by atoms with Gasteiger partial charge in [0.05, 0.1) is 29.7 Å². The van der Waals surface area contributed by atoms with Gasteiger partial charge in [0.25, 0.3) is 0 Å². The summed E-state index contributed by atoms with van der Waals surface area (Å²) in [6.45, 7) is 2.21. The second-order valence-corrected chi connectivity index (χ2v) is 6.62. The average molecular weight is 364 g/mol. The fraction of sp³-hybridized carbons (Fsp3) is 0.250. The van der Waals surface area contributed by atoms with Gasteiger partial charge in [0.1, 0.15) is 11.6 Å². The van der Waals surface area contributed by atoms with Crippen LogP contribution in [0.2, 0.25) is 0 Å². The van der Waals surface area contributed by atoms with Crippen LogP contribution in [0, 0.1) is 12.8 Å². The number of anilines is 2. The maximum Gasteiger partial charge on any atom is 0.229 e. The average Bonchev–Trinajstić information content (AvgIpc) is 3.23. The summed E-state index contributed by atoms with van der Waals surface area (Å²) in [5.74, 6) is 0.770. The Morgan fingerprint density at radius 1 is 1.30 bits per heavy atom. The zero-order valence-electron chi connectivity index (χ0n) is 15.2. The Bertz CT molecular complexity index is 1030. The van der Waals surface area contributed by atoms with Crippen LogP contribution < -0.4 is 15.0 Å². The van der Waals surface area contributed by atoms with Gasteiger partial charge in [-0.3, -0.25) is 9.59 Å². The zero-order valence-corrected chi connectivity index (χ0v) is 15.2. The molecule has 7 heteroatoms. The molecule has 1 saturated heterocycles. The third kappa shape index (κ3) is 3.23. The number of rotatable bonds is 4. The van der Waals surface area contributed by atoms with Crippen molar-refractivity contribution in [3.8, 4) is 5.75 Å². The molecular weight excluding hydrogens is 344 g/mol. The van der Waals surface area contributed by atoms with Crippen LogP contribution in [0.5, 0.6) is 5.75 Å². The largest absolute Gasteiger partial charge is 0.495 e. The van der Waals surface area contributed by atoms with Gasteiger partial charge in [0, 0.05) is 18.7 Å². The quantitative estimate of drug-likeness (QED) is 0.745. The molecular formula is C20H20N4O3. The van der Waals surface area contributed by atoms with Crippen molar-refractivity contribution in [2.24, 2.45) is 5.92 Å². The number of nitrogens with zero attached hydrogens (tertiary/aromatic N) is 2. The van der Waals surface area contributed by atoms with Crippen molar-refractivity contribution < 1.29 is 14.3 Å². The molecule has 2 N–H and O–H groups in total. The number of carbonyl (C=O) groups is 2. The number of aryl methyl sites for hydroxylation is 1. The van der Waals surface area contributed by atoms with Crippen molar-refractivity contribution in [2.75, 3.05) is 23.9 Å². The predicted molar refractivity (Wildman–Crippen MR) is 103 cm³/mol. The number of carbonyl (C=O) groups excluding carboxylic acids is 2. The minimum absolute atomic E-state index is 0.0840. The van der Waals surface area contributed by atoms with E-state index in [0.29, 0.717) is 23.7 Å². The lowest BCUT2D eigenvalue weighted by Crippen LogP contribution is -2.28. The summed E-state index contributed by atoms with van der Waals surface area (Å²) >= 11 is 0. The molecule has 1 aromatic heterocycles. The number of nitrogens with one attached hydrogen (secondary N) is 2. The lowest BCUT2D eigenvalue weighted by atomic mass is 10.1. The van der Waals surface area contributed by atoms with Crippen molar-refractivity contribution in [3.05, 3.63) is 48.3 Å². The van der Waals surface area contributed by atoms with Crippen LogP contribution in [0.15, 0.2) is 42.5 Å². The van der Waals surface area contributed by atoms with Gasteiger partial charge in [-0.25, -0.2) is 4.98 Å². The number of benzene rings is 2. The van der Waals surface area contributed by atoms with Crippen LogP contribution in [0.25, 0.3) is 11.0 Å². The number of ether oxygens (including phenoxy) is 1. The smallest absolute Gasteiger partial charge is 0.229 e. The third-order valence-electron chi connectivity index (χ3n) is 4.74. The van der Waals surface area contributed by atoms with E-state index in [1.165, 1.54) is 0 Å². The highest BCUT2D eigenvalue weighted by atomic mass is 16.5. The molecule has 138 valence electrons. The van der Waals surface area contributed by atoms with Gasteiger partial charge in [-0.1, -0.05) is 12.1 Å². The number of amides is 2. The van der Waals surface area contributed by atoms with Gasteiger partial charge in [-0.05, 0) is 37.3 Å². The maximum absolute atomic E-state index is 12.7. The molecule has 0 saturated carbocycles. The number of para-hydroxylation sites is 2. The number of imidazole rings is 1. The van der Waals surface area contributed by atoms with Gasteiger partial charge in [-0.15, -0.1) is 0 Å². The number of aromatic nitrogens is 2. The number of methoxy groups -OCH3 is 1. The molecule has 2 aromatic carbocycles. The molecule has 27 heavy (non-hydrogen) atoms. The van der Waals surface area contributed by atoms with Crippen molar-refractivity contribution in [2.45, 2.75) is 13.3 Å². The lowest BCUT2D eigenvalue weighted by Gasteiger charge is -2.19. The summed E-state index contributed by atoms with van der Waals surface area (Å²) in [7, 11) is 1.57. The number of aromatic amines is 1. The molecule has 1 fully saturated rings. The molecule has 2 heterocycles. The predicted octanol–water partition coefficient (Wildman–Crippen LogP) is 2.87. The van der Waals surface area contributed by atoms with Crippen LogP contribution in [0.3, 0.4) is 0 Å². The topological polar surface area (TPSA) is 87.3 Å². The first-order valence-electron chi connectivity index (χ1n) is 8.76. The van der Waals surface area contributed by atoms with E-state index >= 15 is 0 Å². The Morgan fingerprint density at radius 3 is 2.93 bits per heavy atom. The molecule has 1 atom stereocenters. The zero-order chi connectivity index (χ0) is 19.0. The molecule has 7 nitrogen and oxygen atoms in total. The summed E-state index contributed by atoms with van der Waals surface area (Å²) < 4.78 is 5.34. The molecule has 1 unspecified atom stereocenters. The van der Waals surface area contributed by atoms with E-state index in [9.17, 15) is 9.59 Å². The SMILES string of the molecule is COc1ccccc1N1CC(C(=O)Nc2ccc3nc(C)[nH]c3c2)CC1=O. The highest BCUT2D eigenvalue weighted by Crippen LogP contribution is 2.33. The maximum atomic E-state index is 12.7. The Labute approximate surface area is 156 Å². The first-order valence-corrected chi connectivity index (χ1v) is 8.76. The molecule has 0 bridgehead atoms. The molecule has 1 aliphatic rings. The van der Waals surface area contributed by atoms with E-state index in [1.54, 1.807) is 18.1 Å².